The molecule has 2 amide bonds. The lowest BCUT2D eigenvalue weighted by atomic mass is 9.86. The van der Waals surface area contributed by atoms with Crippen LogP contribution in [-0.2, 0) is 28.0 Å². The molecule has 0 radical (unpaired) electrons. The molecule has 0 saturated heterocycles. The second kappa shape index (κ2) is 10.8. The summed E-state index contributed by atoms with van der Waals surface area (Å²) in [6, 6.07) is 15.3. The van der Waals surface area contributed by atoms with Gasteiger partial charge < -0.3 is 10.2 Å². The first-order chi connectivity index (χ1) is 14.5. The van der Waals surface area contributed by atoms with Gasteiger partial charge >= 0.3 is 0 Å². The van der Waals surface area contributed by atoms with Crippen molar-refractivity contribution in [1.82, 2.24) is 10.2 Å². The van der Waals surface area contributed by atoms with E-state index < -0.39 is 6.04 Å². The maximum absolute atomic E-state index is 13.2. The summed E-state index contributed by atoms with van der Waals surface area (Å²) < 4.78 is 0. The van der Waals surface area contributed by atoms with E-state index in [9.17, 15) is 9.59 Å². The second-order valence-electron chi connectivity index (χ2n) is 9.40. The zero-order valence-electron chi connectivity index (χ0n) is 19.5. The van der Waals surface area contributed by atoms with E-state index in [1.54, 1.807) is 17.9 Å². The summed E-state index contributed by atoms with van der Waals surface area (Å²) in [5, 5.41) is 3.50. The first kappa shape index (κ1) is 24.9. The number of rotatable bonds is 8. The Kier molecular flexibility index (Phi) is 8.69. The molecule has 0 saturated carbocycles. The number of halogens is 1. The minimum Gasteiger partial charge on any atom is -0.352 e. The molecule has 31 heavy (non-hydrogen) atoms. The Balaban J connectivity index is 2.15. The number of nitrogens with one attached hydrogen (secondary N) is 1. The highest BCUT2D eigenvalue weighted by molar-refractivity contribution is 6.31. The average molecular weight is 443 g/mol. The highest BCUT2D eigenvalue weighted by Crippen LogP contribution is 2.23. The van der Waals surface area contributed by atoms with Crippen molar-refractivity contribution >= 4 is 23.4 Å². The van der Waals surface area contributed by atoms with Crippen LogP contribution < -0.4 is 5.32 Å². The minimum atomic E-state index is -0.588. The third-order valence-electron chi connectivity index (χ3n) is 5.34. The molecule has 0 spiro atoms. The van der Waals surface area contributed by atoms with Crippen molar-refractivity contribution in [3.05, 3.63) is 70.2 Å². The molecule has 1 N–H and O–H groups in total. The number of benzene rings is 2. The van der Waals surface area contributed by atoms with E-state index in [-0.39, 0.29) is 23.3 Å². The predicted molar refractivity (Wildman–Crippen MR) is 128 cm³/mol. The summed E-state index contributed by atoms with van der Waals surface area (Å²) in [4.78, 5) is 27.5. The van der Waals surface area contributed by atoms with Crippen LogP contribution in [0.3, 0.4) is 0 Å². The van der Waals surface area contributed by atoms with Crippen LogP contribution in [0.1, 0.15) is 64.7 Å². The number of carbonyl (C=O) groups excluding carboxylic acids is 2. The molecule has 2 rings (SSSR count). The number of aryl methyl sites for hydroxylation is 1. The van der Waals surface area contributed by atoms with Crippen LogP contribution in [0, 0.1) is 0 Å². The highest BCUT2D eigenvalue weighted by atomic mass is 35.5. The summed E-state index contributed by atoms with van der Waals surface area (Å²) in [7, 11) is 0. The number of hydrogen-bond acceptors (Lipinski definition) is 2. The molecule has 0 heterocycles. The molecular formula is C26H35ClN2O2. The van der Waals surface area contributed by atoms with Gasteiger partial charge in [0.15, 0.2) is 0 Å². The molecular weight excluding hydrogens is 408 g/mol. The van der Waals surface area contributed by atoms with Crippen LogP contribution in [0.25, 0.3) is 0 Å². The number of nitrogens with zero attached hydrogens (tertiary/aromatic N) is 1. The van der Waals surface area contributed by atoms with E-state index in [2.05, 4.69) is 50.4 Å². The molecule has 2 aromatic rings. The fourth-order valence-corrected chi connectivity index (χ4v) is 3.56. The summed E-state index contributed by atoms with van der Waals surface area (Å²) >= 11 is 6.33. The van der Waals surface area contributed by atoms with Crippen LogP contribution in [0.4, 0.5) is 0 Å². The Bertz CT molecular complexity index is 885. The van der Waals surface area contributed by atoms with E-state index in [0.717, 1.165) is 11.1 Å². The van der Waals surface area contributed by atoms with Crippen LogP contribution >= 0.6 is 11.6 Å². The van der Waals surface area contributed by atoms with Crippen molar-refractivity contribution in [2.24, 2.45) is 0 Å². The molecule has 2 aromatic carbocycles. The molecule has 4 nitrogen and oxygen atoms in total. The van der Waals surface area contributed by atoms with Crippen LogP contribution in [0.5, 0.6) is 0 Å². The summed E-state index contributed by atoms with van der Waals surface area (Å²) in [6.07, 6.45) is 0.958. The van der Waals surface area contributed by atoms with Gasteiger partial charge in [-0.1, -0.05) is 74.8 Å². The van der Waals surface area contributed by atoms with Gasteiger partial charge in [0.25, 0.3) is 0 Å². The van der Waals surface area contributed by atoms with Gasteiger partial charge in [-0.2, -0.15) is 0 Å². The Morgan fingerprint density at radius 1 is 1.00 bits per heavy atom. The molecule has 0 aromatic heterocycles. The SMILES string of the molecule is CC(C)NC(=O)C(C)N(Cc1ccccc1Cl)C(=O)CCc1ccc(C(C)(C)C)cc1. The third-order valence-corrected chi connectivity index (χ3v) is 5.71. The fraction of sp³-hybridized carbons (Fsp3) is 0.462. The quantitative estimate of drug-likeness (QED) is 0.585. The monoisotopic (exact) mass is 442 g/mol. The Morgan fingerprint density at radius 2 is 1.61 bits per heavy atom. The van der Waals surface area contributed by atoms with Crippen LogP contribution in [-0.4, -0.2) is 28.8 Å². The Labute approximate surface area is 192 Å². The summed E-state index contributed by atoms with van der Waals surface area (Å²) in [6.45, 7) is 12.4. The lowest BCUT2D eigenvalue weighted by molar-refractivity contribution is -0.140. The van der Waals surface area contributed by atoms with Gasteiger partial charge in [-0.05, 0) is 55.4 Å². The topological polar surface area (TPSA) is 49.4 Å². The van der Waals surface area contributed by atoms with Crippen molar-refractivity contribution in [3.63, 3.8) is 0 Å². The van der Waals surface area contributed by atoms with E-state index in [0.29, 0.717) is 24.4 Å². The molecule has 0 aliphatic heterocycles. The van der Waals surface area contributed by atoms with Gasteiger partial charge in [-0.15, -0.1) is 0 Å². The molecule has 168 valence electrons. The zero-order chi connectivity index (χ0) is 23.2. The highest BCUT2D eigenvalue weighted by Gasteiger charge is 2.26. The second-order valence-corrected chi connectivity index (χ2v) is 9.81. The molecule has 0 bridgehead atoms. The lowest BCUT2D eigenvalue weighted by Crippen LogP contribution is -2.49. The van der Waals surface area contributed by atoms with Crippen molar-refractivity contribution < 1.29 is 9.59 Å². The smallest absolute Gasteiger partial charge is 0.242 e. The first-order valence-corrected chi connectivity index (χ1v) is 11.3. The maximum Gasteiger partial charge on any atom is 0.242 e. The van der Waals surface area contributed by atoms with E-state index in [1.807, 2.05) is 32.0 Å². The van der Waals surface area contributed by atoms with Crippen LogP contribution in [0.15, 0.2) is 48.5 Å². The van der Waals surface area contributed by atoms with Gasteiger partial charge in [-0.3, -0.25) is 9.59 Å². The van der Waals surface area contributed by atoms with Crippen molar-refractivity contribution in [3.8, 4) is 0 Å². The summed E-state index contributed by atoms with van der Waals surface area (Å²) in [5.41, 5.74) is 3.30. The minimum absolute atomic E-state index is 0.00791. The van der Waals surface area contributed by atoms with Crippen molar-refractivity contribution in [1.29, 1.82) is 0 Å². The molecule has 0 fully saturated rings. The van der Waals surface area contributed by atoms with Gasteiger partial charge in [0, 0.05) is 24.0 Å². The molecule has 0 aliphatic carbocycles. The molecule has 1 unspecified atom stereocenters. The predicted octanol–water partition coefficient (Wildman–Crippen LogP) is 5.51. The Morgan fingerprint density at radius 3 is 2.16 bits per heavy atom. The molecule has 1 atom stereocenters. The van der Waals surface area contributed by atoms with Crippen molar-refractivity contribution in [2.45, 2.75) is 78.4 Å². The first-order valence-electron chi connectivity index (χ1n) is 10.9. The summed E-state index contributed by atoms with van der Waals surface area (Å²) in [5.74, 6) is -0.226. The van der Waals surface area contributed by atoms with E-state index >= 15 is 0 Å². The van der Waals surface area contributed by atoms with E-state index in [1.165, 1.54) is 5.56 Å². The molecule has 0 aliphatic rings. The lowest BCUT2D eigenvalue weighted by Gasteiger charge is -2.29. The maximum atomic E-state index is 13.2. The van der Waals surface area contributed by atoms with E-state index in [4.69, 9.17) is 11.6 Å². The molecule has 5 heteroatoms. The fourth-order valence-electron chi connectivity index (χ4n) is 3.36. The average Bonchev–Trinajstić information content (AvgIpc) is 2.70. The standard InChI is InChI=1S/C26H35ClN2O2/c1-18(2)28-25(31)19(3)29(17-21-9-7-8-10-23(21)27)24(30)16-13-20-11-14-22(15-12-20)26(4,5)6/h7-12,14-15,18-19H,13,16-17H2,1-6H3,(H,28,31). The normalized spacial score (nSPS) is 12.5. The van der Waals surface area contributed by atoms with Crippen LogP contribution in [0.2, 0.25) is 5.02 Å². The number of hydrogen-bond donors (Lipinski definition) is 1. The van der Waals surface area contributed by atoms with Gasteiger partial charge in [0.05, 0.1) is 0 Å². The third kappa shape index (κ3) is 7.39. The number of amides is 2. The zero-order valence-corrected chi connectivity index (χ0v) is 20.3. The van der Waals surface area contributed by atoms with Gasteiger partial charge in [0.2, 0.25) is 11.8 Å². The number of carbonyl (C=O) groups is 2. The van der Waals surface area contributed by atoms with Crippen molar-refractivity contribution in [2.75, 3.05) is 0 Å². The Hall–Kier alpha value is -2.33. The van der Waals surface area contributed by atoms with Gasteiger partial charge in [-0.25, -0.2) is 0 Å². The van der Waals surface area contributed by atoms with Gasteiger partial charge in [0.1, 0.15) is 6.04 Å². The largest absolute Gasteiger partial charge is 0.352 e.